The van der Waals surface area contributed by atoms with E-state index >= 15 is 0 Å². The number of ether oxygens (including phenoxy) is 2. The van der Waals surface area contributed by atoms with E-state index in [9.17, 15) is 9.18 Å². The van der Waals surface area contributed by atoms with Gasteiger partial charge < -0.3 is 9.47 Å². The summed E-state index contributed by atoms with van der Waals surface area (Å²) < 4.78 is 24.4. The van der Waals surface area contributed by atoms with Gasteiger partial charge in [-0.2, -0.15) is 0 Å². The first-order chi connectivity index (χ1) is 10.7. The summed E-state index contributed by atoms with van der Waals surface area (Å²) in [4.78, 5) is 15.2. The highest BCUT2D eigenvalue weighted by Crippen LogP contribution is 2.29. The van der Waals surface area contributed by atoms with Gasteiger partial charge in [0.25, 0.3) is 5.88 Å². The maximum absolute atomic E-state index is 14.3. The fraction of sp³-hybridized carbons (Fsp3) is 0.294. The zero-order valence-corrected chi connectivity index (χ0v) is 12.3. The normalized spacial score (nSPS) is 12.8. The van der Waals surface area contributed by atoms with Crippen LogP contribution in [0.5, 0.6) is 11.6 Å². The fourth-order valence-electron chi connectivity index (χ4n) is 2.62. The van der Waals surface area contributed by atoms with Gasteiger partial charge in [-0.3, -0.25) is 4.79 Å². The molecule has 114 valence electrons. The Bertz CT molecular complexity index is 715. The first-order valence-corrected chi connectivity index (χ1v) is 7.17. The van der Waals surface area contributed by atoms with E-state index in [1.54, 1.807) is 0 Å². The number of benzene rings is 1. The maximum Gasteiger partial charge on any atom is 0.310 e. The SMILES string of the molecule is COC(=O)Cc1ccnc(Oc2ccc3c(c2)CCC3)c1F. The number of esters is 1. The minimum absolute atomic E-state index is 0.126. The predicted octanol–water partition coefficient (Wildman–Crippen LogP) is 3.22. The largest absolute Gasteiger partial charge is 0.469 e. The summed E-state index contributed by atoms with van der Waals surface area (Å²) in [5.74, 6) is -0.705. The van der Waals surface area contributed by atoms with Gasteiger partial charge in [0.15, 0.2) is 5.82 Å². The van der Waals surface area contributed by atoms with Crippen LogP contribution in [0.2, 0.25) is 0 Å². The van der Waals surface area contributed by atoms with E-state index in [4.69, 9.17) is 4.74 Å². The zero-order chi connectivity index (χ0) is 15.5. The number of rotatable bonds is 4. The number of hydrogen-bond acceptors (Lipinski definition) is 4. The van der Waals surface area contributed by atoms with E-state index in [1.807, 2.05) is 18.2 Å². The molecule has 0 bridgehead atoms. The second-order valence-electron chi connectivity index (χ2n) is 5.23. The van der Waals surface area contributed by atoms with Gasteiger partial charge in [0.2, 0.25) is 0 Å². The summed E-state index contributed by atoms with van der Waals surface area (Å²) in [7, 11) is 1.27. The van der Waals surface area contributed by atoms with Crippen LogP contribution in [0.15, 0.2) is 30.5 Å². The molecule has 4 nitrogen and oxygen atoms in total. The molecule has 1 aliphatic carbocycles. The van der Waals surface area contributed by atoms with Crippen molar-refractivity contribution in [3.63, 3.8) is 0 Å². The lowest BCUT2D eigenvalue weighted by molar-refractivity contribution is -0.139. The number of hydrogen-bond donors (Lipinski definition) is 0. The van der Waals surface area contributed by atoms with Gasteiger partial charge in [-0.25, -0.2) is 9.37 Å². The first-order valence-electron chi connectivity index (χ1n) is 7.17. The molecule has 1 heterocycles. The van der Waals surface area contributed by atoms with Crippen LogP contribution >= 0.6 is 0 Å². The third-order valence-corrected chi connectivity index (χ3v) is 3.78. The Balaban J connectivity index is 1.83. The fourth-order valence-corrected chi connectivity index (χ4v) is 2.62. The van der Waals surface area contributed by atoms with Crippen LogP contribution in [0.3, 0.4) is 0 Å². The van der Waals surface area contributed by atoms with E-state index in [-0.39, 0.29) is 17.9 Å². The van der Waals surface area contributed by atoms with Crippen molar-refractivity contribution in [3.8, 4) is 11.6 Å². The Hall–Kier alpha value is -2.43. The highest BCUT2D eigenvalue weighted by atomic mass is 19.1. The first kappa shape index (κ1) is 14.5. The average Bonchev–Trinajstić information content (AvgIpc) is 2.98. The summed E-state index contributed by atoms with van der Waals surface area (Å²) >= 11 is 0. The van der Waals surface area contributed by atoms with Crippen LogP contribution in [0.4, 0.5) is 4.39 Å². The average molecular weight is 301 g/mol. The van der Waals surface area contributed by atoms with Crippen molar-refractivity contribution >= 4 is 5.97 Å². The van der Waals surface area contributed by atoms with Crippen LogP contribution in [0, 0.1) is 5.82 Å². The molecule has 0 saturated carbocycles. The molecule has 0 radical (unpaired) electrons. The zero-order valence-electron chi connectivity index (χ0n) is 12.3. The summed E-state index contributed by atoms with van der Waals surface area (Å²) in [6.45, 7) is 0. The number of aromatic nitrogens is 1. The second-order valence-corrected chi connectivity index (χ2v) is 5.23. The number of nitrogens with zero attached hydrogens (tertiary/aromatic N) is 1. The molecular formula is C17H16FNO3. The maximum atomic E-state index is 14.3. The molecule has 0 atom stereocenters. The molecular weight excluding hydrogens is 285 g/mol. The second kappa shape index (κ2) is 6.13. The van der Waals surface area contributed by atoms with E-state index in [1.165, 1.54) is 30.5 Å². The highest BCUT2D eigenvalue weighted by Gasteiger charge is 2.16. The number of methoxy groups -OCH3 is 1. The van der Waals surface area contributed by atoms with Crippen molar-refractivity contribution in [2.24, 2.45) is 0 Å². The summed E-state index contributed by atoms with van der Waals surface area (Å²) in [5, 5.41) is 0. The molecule has 5 heteroatoms. The van der Waals surface area contributed by atoms with Gasteiger partial charge in [0.05, 0.1) is 13.5 Å². The Labute approximate surface area is 127 Å². The van der Waals surface area contributed by atoms with Gasteiger partial charge in [-0.1, -0.05) is 6.07 Å². The molecule has 0 N–H and O–H groups in total. The smallest absolute Gasteiger partial charge is 0.310 e. The van der Waals surface area contributed by atoms with Crippen LogP contribution in [0.25, 0.3) is 0 Å². The van der Waals surface area contributed by atoms with Gasteiger partial charge in [0.1, 0.15) is 5.75 Å². The van der Waals surface area contributed by atoms with Crippen molar-refractivity contribution in [1.29, 1.82) is 0 Å². The summed E-state index contributed by atoms with van der Waals surface area (Å²) in [6.07, 6.45) is 4.51. The molecule has 0 amide bonds. The summed E-state index contributed by atoms with van der Waals surface area (Å²) in [5.41, 5.74) is 2.77. The molecule has 1 aromatic carbocycles. The van der Waals surface area contributed by atoms with Crippen LogP contribution < -0.4 is 4.74 Å². The molecule has 0 unspecified atom stereocenters. The number of fused-ring (bicyclic) bond motifs is 1. The van der Waals surface area contributed by atoms with Crippen molar-refractivity contribution in [2.45, 2.75) is 25.7 Å². The quantitative estimate of drug-likeness (QED) is 0.814. The van der Waals surface area contributed by atoms with Gasteiger partial charge in [-0.15, -0.1) is 0 Å². The molecule has 0 aliphatic heterocycles. The third-order valence-electron chi connectivity index (χ3n) is 3.78. The van der Waals surface area contributed by atoms with Gasteiger partial charge in [-0.05, 0) is 48.6 Å². The molecule has 0 spiro atoms. The number of pyridine rings is 1. The summed E-state index contributed by atoms with van der Waals surface area (Å²) in [6, 6.07) is 7.20. The molecule has 0 saturated heterocycles. The van der Waals surface area contributed by atoms with Crippen molar-refractivity contribution in [3.05, 3.63) is 53.0 Å². The lowest BCUT2D eigenvalue weighted by atomic mass is 10.1. The molecule has 3 rings (SSSR count). The Morgan fingerprint density at radius 2 is 2.09 bits per heavy atom. The highest BCUT2D eigenvalue weighted by molar-refractivity contribution is 5.72. The van der Waals surface area contributed by atoms with Crippen LogP contribution in [-0.2, 0) is 28.8 Å². The molecule has 0 fully saturated rings. The van der Waals surface area contributed by atoms with E-state index in [0.29, 0.717) is 5.75 Å². The van der Waals surface area contributed by atoms with Gasteiger partial charge >= 0.3 is 5.97 Å². The molecule has 22 heavy (non-hydrogen) atoms. The van der Waals surface area contributed by atoms with Crippen molar-refractivity contribution in [2.75, 3.05) is 7.11 Å². The number of carbonyl (C=O) groups excluding carboxylic acids is 1. The minimum Gasteiger partial charge on any atom is -0.469 e. The standard InChI is InChI=1S/C17H16FNO3/c1-21-15(20)10-13-7-8-19-17(16(13)18)22-14-6-5-11-3-2-4-12(11)9-14/h5-9H,2-4,10H2,1H3. The van der Waals surface area contributed by atoms with Crippen molar-refractivity contribution < 1.29 is 18.7 Å². The van der Waals surface area contributed by atoms with Crippen molar-refractivity contribution in [1.82, 2.24) is 4.98 Å². The third kappa shape index (κ3) is 2.93. The van der Waals surface area contributed by atoms with Gasteiger partial charge in [0, 0.05) is 11.8 Å². The molecule has 1 aromatic heterocycles. The lowest BCUT2D eigenvalue weighted by Gasteiger charge is -2.09. The number of carbonyl (C=O) groups is 1. The number of halogens is 1. The molecule has 1 aliphatic rings. The van der Waals surface area contributed by atoms with E-state index in [2.05, 4.69) is 9.72 Å². The Kier molecular flexibility index (Phi) is 4.04. The predicted molar refractivity (Wildman–Crippen MR) is 78.5 cm³/mol. The number of aryl methyl sites for hydroxylation is 2. The topological polar surface area (TPSA) is 48.4 Å². The van der Waals surface area contributed by atoms with Crippen LogP contribution in [-0.4, -0.2) is 18.1 Å². The Morgan fingerprint density at radius 1 is 1.27 bits per heavy atom. The monoisotopic (exact) mass is 301 g/mol. The Morgan fingerprint density at radius 3 is 2.91 bits per heavy atom. The van der Waals surface area contributed by atoms with Crippen LogP contribution in [0.1, 0.15) is 23.1 Å². The molecule has 2 aromatic rings. The van der Waals surface area contributed by atoms with E-state index in [0.717, 1.165) is 19.3 Å². The van der Waals surface area contributed by atoms with E-state index < -0.39 is 11.8 Å². The lowest BCUT2D eigenvalue weighted by Crippen LogP contribution is -2.07. The minimum atomic E-state index is -0.631.